The molecule has 0 heteroatoms. The molecule has 0 fully saturated rings. The Hall–Kier alpha value is -6.76. The molecule has 2 atom stereocenters. The van der Waals surface area contributed by atoms with Gasteiger partial charge in [-0.2, -0.15) is 0 Å². The molecule has 10 aromatic carbocycles. The first-order valence-electron chi connectivity index (χ1n) is 19.2. The molecule has 0 saturated heterocycles. The first-order chi connectivity index (χ1) is 26.7. The first kappa shape index (κ1) is 28.8. The molecule has 0 saturated carbocycles. The molecule has 0 bridgehead atoms. The monoisotopic (exact) mass is 680 g/mol. The Balaban J connectivity index is 1.11. The molecule has 0 radical (unpaired) electrons. The van der Waals surface area contributed by atoms with Crippen molar-refractivity contribution in [3.05, 3.63) is 192 Å². The molecular weight excluding hydrogens is 649 g/mol. The number of allylic oxidation sites excluding steroid dienone is 6. The Morgan fingerprint density at radius 3 is 1.48 bits per heavy atom. The van der Waals surface area contributed by atoms with E-state index in [4.69, 9.17) is 0 Å². The summed E-state index contributed by atoms with van der Waals surface area (Å²) in [6, 6.07) is 53.2. The fourth-order valence-corrected chi connectivity index (χ4v) is 10.5. The van der Waals surface area contributed by atoms with Gasteiger partial charge in [-0.15, -0.1) is 0 Å². The maximum Gasteiger partial charge on any atom is 0.0199 e. The summed E-state index contributed by atoms with van der Waals surface area (Å²) in [5.41, 5.74) is 13.2. The third kappa shape index (κ3) is 3.82. The molecule has 0 spiro atoms. The summed E-state index contributed by atoms with van der Waals surface area (Å²) in [7, 11) is 0. The summed E-state index contributed by atoms with van der Waals surface area (Å²) in [6.45, 7) is 0. The van der Waals surface area contributed by atoms with Crippen molar-refractivity contribution in [3.8, 4) is 33.4 Å². The number of hydrogen-bond acceptors (Lipinski definition) is 0. The van der Waals surface area contributed by atoms with Crippen LogP contribution in [0.25, 0.3) is 110 Å². The first-order valence-corrected chi connectivity index (χ1v) is 19.2. The van der Waals surface area contributed by atoms with Crippen LogP contribution in [-0.4, -0.2) is 0 Å². The third-order valence-corrected chi connectivity index (χ3v) is 12.9. The van der Waals surface area contributed by atoms with Gasteiger partial charge in [0, 0.05) is 11.8 Å². The average molecular weight is 681 g/mol. The lowest BCUT2D eigenvalue weighted by molar-refractivity contribution is 0.665. The van der Waals surface area contributed by atoms with Crippen molar-refractivity contribution in [3.63, 3.8) is 0 Å². The van der Waals surface area contributed by atoms with E-state index in [2.05, 4.69) is 182 Å². The van der Waals surface area contributed by atoms with Crippen LogP contribution in [0.4, 0.5) is 0 Å². The predicted molar refractivity (Wildman–Crippen MR) is 232 cm³/mol. The fraction of sp³-hybridized carbons (Fsp3) is 0.0370. The number of rotatable bonds is 3. The van der Waals surface area contributed by atoms with Gasteiger partial charge in [0.05, 0.1) is 0 Å². The van der Waals surface area contributed by atoms with Crippen molar-refractivity contribution in [2.45, 2.75) is 5.92 Å². The largest absolute Gasteiger partial charge is 0.0767 e. The molecule has 2 unspecified atom stereocenters. The van der Waals surface area contributed by atoms with Gasteiger partial charge in [0.2, 0.25) is 0 Å². The topological polar surface area (TPSA) is 0 Å². The highest BCUT2D eigenvalue weighted by atomic mass is 14.4. The maximum atomic E-state index is 2.46. The zero-order valence-electron chi connectivity index (χ0n) is 29.5. The molecule has 0 amide bonds. The molecule has 0 heterocycles. The zero-order chi connectivity index (χ0) is 35.1. The Labute approximate surface area is 313 Å². The van der Waals surface area contributed by atoms with Crippen molar-refractivity contribution < 1.29 is 0 Å². The van der Waals surface area contributed by atoms with Crippen LogP contribution in [0, 0.1) is 5.92 Å². The number of benzene rings is 10. The van der Waals surface area contributed by atoms with Crippen molar-refractivity contribution in [2.75, 3.05) is 0 Å². The molecule has 0 N–H and O–H groups in total. The van der Waals surface area contributed by atoms with Gasteiger partial charge in [-0.25, -0.2) is 0 Å². The minimum absolute atomic E-state index is 0.368. The van der Waals surface area contributed by atoms with Gasteiger partial charge in [0.25, 0.3) is 0 Å². The average Bonchev–Trinajstić information content (AvgIpc) is 3.23. The lowest BCUT2D eigenvalue weighted by Gasteiger charge is -2.36. The molecule has 3 aliphatic carbocycles. The van der Waals surface area contributed by atoms with Crippen molar-refractivity contribution in [1.29, 1.82) is 0 Å². The lowest BCUT2D eigenvalue weighted by Crippen LogP contribution is -2.20. The van der Waals surface area contributed by atoms with E-state index in [0.717, 1.165) is 0 Å². The molecule has 0 nitrogen and oxygen atoms in total. The van der Waals surface area contributed by atoms with E-state index in [0.29, 0.717) is 11.8 Å². The molecule has 248 valence electrons. The van der Waals surface area contributed by atoms with Crippen LogP contribution in [0.15, 0.2) is 175 Å². The van der Waals surface area contributed by atoms with E-state index >= 15 is 0 Å². The minimum Gasteiger partial charge on any atom is -0.0767 e. The van der Waals surface area contributed by atoms with E-state index in [1.54, 1.807) is 0 Å². The summed E-state index contributed by atoms with van der Waals surface area (Å²) < 4.78 is 0. The second kappa shape index (κ2) is 10.4. The van der Waals surface area contributed by atoms with Crippen LogP contribution in [0.2, 0.25) is 0 Å². The molecule has 0 aliphatic heterocycles. The van der Waals surface area contributed by atoms with E-state index in [1.807, 2.05) is 0 Å². The lowest BCUT2D eigenvalue weighted by atomic mass is 9.68. The highest BCUT2D eigenvalue weighted by Gasteiger charge is 2.33. The van der Waals surface area contributed by atoms with E-state index in [9.17, 15) is 0 Å². The number of hydrogen-bond donors (Lipinski definition) is 0. The Morgan fingerprint density at radius 2 is 0.889 bits per heavy atom. The maximum absolute atomic E-state index is 2.46. The highest BCUT2D eigenvalue weighted by molar-refractivity contribution is 6.27. The predicted octanol–water partition coefficient (Wildman–Crippen LogP) is 14.7. The Morgan fingerprint density at radius 1 is 0.389 bits per heavy atom. The van der Waals surface area contributed by atoms with Crippen molar-refractivity contribution >= 4 is 76.8 Å². The molecule has 10 aromatic rings. The van der Waals surface area contributed by atoms with Gasteiger partial charge in [-0.3, -0.25) is 0 Å². The molecule has 13 rings (SSSR count). The van der Waals surface area contributed by atoms with Gasteiger partial charge >= 0.3 is 0 Å². The second-order valence-electron chi connectivity index (χ2n) is 15.6. The second-order valence-corrected chi connectivity index (χ2v) is 15.6. The fourth-order valence-electron chi connectivity index (χ4n) is 10.5. The summed E-state index contributed by atoms with van der Waals surface area (Å²) in [6.07, 6.45) is 16.4. The summed E-state index contributed by atoms with van der Waals surface area (Å²) in [5, 5.41) is 15.8. The van der Waals surface area contributed by atoms with Crippen molar-refractivity contribution in [2.24, 2.45) is 5.92 Å². The van der Waals surface area contributed by atoms with E-state index < -0.39 is 0 Å². The van der Waals surface area contributed by atoms with Crippen molar-refractivity contribution in [1.82, 2.24) is 0 Å². The molecule has 0 aromatic heterocycles. The van der Waals surface area contributed by atoms with Crippen LogP contribution in [0.5, 0.6) is 0 Å². The van der Waals surface area contributed by atoms with E-state index in [1.165, 1.54) is 120 Å². The summed E-state index contributed by atoms with van der Waals surface area (Å²) in [5.74, 6) is 0.764. The zero-order valence-corrected chi connectivity index (χ0v) is 29.5. The quantitative estimate of drug-likeness (QED) is 0.163. The van der Waals surface area contributed by atoms with Crippen LogP contribution in [0.1, 0.15) is 22.6 Å². The summed E-state index contributed by atoms with van der Waals surface area (Å²) >= 11 is 0. The standard InChI is InChI=1S/C54H32/c1-4-31-10-13-37-16-22-43(46-25-19-34(7-1)49(31)52(37)46)40-28-41(44-23-17-38-14-11-32-5-2-8-35-20-26-47(44)53(38)50(32)35)30-42(29-40)45-24-18-39-15-12-33-6-3-9-36-21-27-48(45)54(39)51(33)36/h1-31,49H. The SMILES string of the molecule is C1=CC2C=Cc3ccc(-c4cc(-c5ccc6ccc7cccc8ccc5c6c78)cc(-c5ccc6ccc7cccc8ccc5c6c78)c4)c4c3C2C(=C1)C=C4. The summed E-state index contributed by atoms with van der Waals surface area (Å²) in [4.78, 5) is 0. The normalized spacial score (nSPS) is 17.1. The molecular formula is C54H32. The van der Waals surface area contributed by atoms with Crippen LogP contribution < -0.4 is 0 Å². The third-order valence-electron chi connectivity index (χ3n) is 12.9. The van der Waals surface area contributed by atoms with Gasteiger partial charge in [0.1, 0.15) is 0 Å². The van der Waals surface area contributed by atoms with Gasteiger partial charge in [0.15, 0.2) is 0 Å². The Kier molecular flexibility index (Phi) is 5.56. The van der Waals surface area contributed by atoms with Gasteiger partial charge < -0.3 is 0 Å². The molecule has 3 aliphatic rings. The molecule has 54 heavy (non-hydrogen) atoms. The van der Waals surface area contributed by atoms with Crippen LogP contribution in [-0.2, 0) is 0 Å². The smallest absolute Gasteiger partial charge is 0.0199 e. The van der Waals surface area contributed by atoms with Crippen LogP contribution >= 0.6 is 0 Å². The van der Waals surface area contributed by atoms with Gasteiger partial charge in [-0.1, -0.05) is 164 Å². The van der Waals surface area contributed by atoms with E-state index in [-0.39, 0.29) is 0 Å². The Bertz CT molecular complexity index is 3180. The van der Waals surface area contributed by atoms with Gasteiger partial charge in [-0.05, 0) is 138 Å². The highest BCUT2D eigenvalue weighted by Crippen LogP contribution is 2.50. The van der Waals surface area contributed by atoms with Crippen LogP contribution in [0.3, 0.4) is 0 Å². The minimum atomic E-state index is 0.368.